The third-order valence-electron chi connectivity index (χ3n) is 7.58. The molecule has 0 saturated carbocycles. The van der Waals surface area contributed by atoms with Gasteiger partial charge in [0.2, 0.25) is 0 Å². The van der Waals surface area contributed by atoms with Crippen LogP contribution in [0, 0.1) is 0 Å². The molecule has 2 aliphatic heterocycles. The molecule has 0 unspecified atom stereocenters. The Morgan fingerprint density at radius 3 is 2.33 bits per heavy atom. The van der Waals surface area contributed by atoms with E-state index in [0.717, 1.165) is 87.6 Å². The van der Waals surface area contributed by atoms with Crippen LogP contribution in [0.25, 0.3) is 10.1 Å². The van der Waals surface area contributed by atoms with Gasteiger partial charge in [0.25, 0.3) is 5.91 Å². The zero-order valence-electron chi connectivity index (χ0n) is 20.6. The van der Waals surface area contributed by atoms with Crippen molar-refractivity contribution in [1.82, 2.24) is 9.27 Å². The standard InChI is InChI=1S/C30H32N4OS/c35-30-25-11-3-1-9-23(25)15-16-24-10-2-5-13-27(24)34(30)18-8-7-17-32-19-21-33(22-20-32)29-26-12-4-6-14-28(26)36-31-29/h1-6,9-14H,7-8,15-22H2. The molecular formula is C30H32N4OS. The van der Waals surface area contributed by atoms with Crippen molar-refractivity contribution in [2.24, 2.45) is 0 Å². The molecule has 1 fully saturated rings. The van der Waals surface area contributed by atoms with Gasteiger partial charge in [-0.25, -0.2) is 0 Å². The normalized spacial score (nSPS) is 16.5. The molecule has 6 heteroatoms. The number of hydrogen-bond acceptors (Lipinski definition) is 5. The lowest BCUT2D eigenvalue weighted by Crippen LogP contribution is -2.46. The molecule has 0 spiro atoms. The lowest BCUT2D eigenvalue weighted by Gasteiger charge is -2.35. The molecule has 0 atom stereocenters. The molecular weight excluding hydrogens is 464 g/mol. The number of unbranched alkanes of at least 4 members (excludes halogenated alkanes) is 1. The smallest absolute Gasteiger partial charge is 0.258 e. The van der Waals surface area contributed by atoms with Crippen molar-refractivity contribution in [1.29, 1.82) is 0 Å². The number of piperazine rings is 1. The number of para-hydroxylation sites is 1. The van der Waals surface area contributed by atoms with Gasteiger partial charge in [-0.1, -0.05) is 48.5 Å². The number of anilines is 2. The maximum Gasteiger partial charge on any atom is 0.258 e. The van der Waals surface area contributed by atoms with E-state index in [4.69, 9.17) is 4.37 Å². The zero-order chi connectivity index (χ0) is 24.3. The van der Waals surface area contributed by atoms with Crippen LogP contribution in [0.3, 0.4) is 0 Å². The summed E-state index contributed by atoms with van der Waals surface area (Å²) >= 11 is 1.60. The summed E-state index contributed by atoms with van der Waals surface area (Å²) < 4.78 is 6.00. The van der Waals surface area contributed by atoms with Crippen LogP contribution in [-0.2, 0) is 12.8 Å². The number of amides is 1. The van der Waals surface area contributed by atoms with E-state index in [1.807, 2.05) is 23.1 Å². The SMILES string of the molecule is O=C1c2ccccc2CCc2ccccc2N1CCCCN1CCN(c2nsc3ccccc23)CC1. The number of aromatic nitrogens is 1. The number of benzene rings is 3. The van der Waals surface area contributed by atoms with Crippen LogP contribution in [0.2, 0.25) is 0 Å². The van der Waals surface area contributed by atoms with E-state index in [1.54, 1.807) is 11.5 Å². The van der Waals surface area contributed by atoms with Gasteiger partial charge in [0.05, 0.1) is 4.70 Å². The predicted molar refractivity (Wildman–Crippen MR) is 149 cm³/mol. The lowest BCUT2D eigenvalue weighted by molar-refractivity contribution is 0.0984. The van der Waals surface area contributed by atoms with E-state index < -0.39 is 0 Å². The van der Waals surface area contributed by atoms with E-state index in [2.05, 4.69) is 64.4 Å². The topological polar surface area (TPSA) is 39.7 Å². The van der Waals surface area contributed by atoms with E-state index in [9.17, 15) is 4.79 Å². The molecule has 0 radical (unpaired) electrons. The molecule has 4 aromatic rings. The Bertz CT molecular complexity index is 1360. The van der Waals surface area contributed by atoms with Crippen LogP contribution in [0.4, 0.5) is 11.5 Å². The molecule has 0 N–H and O–H groups in total. The third-order valence-corrected chi connectivity index (χ3v) is 8.39. The van der Waals surface area contributed by atoms with Crippen molar-refractivity contribution in [3.05, 3.63) is 89.5 Å². The molecule has 1 saturated heterocycles. The largest absolute Gasteiger partial charge is 0.353 e. The van der Waals surface area contributed by atoms with E-state index in [-0.39, 0.29) is 5.91 Å². The van der Waals surface area contributed by atoms with Gasteiger partial charge in [-0.3, -0.25) is 9.69 Å². The van der Waals surface area contributed by atoms with Gasteiger partial charge in [0.15, 0.2) is 0 Å². The van der Waals surface area contributed by atoms with Crippen LogP contribution in [0.5, 0.6) is 0 Å². The van der Waals surface area contributed by atoms with Gasteiger partial charge in [0, 0.05) is 49.4 Å². The minimum absolute atomic E-state index is 0.141. The second-order valence-corrected chi connectivity index (χ2v) is 10.6. The lowest BCUT2D eigenvalue weighted by atomic mass is 9.95. The number of carbonyl (C=O) groups is 1. The molecule has 184 valence electrons. The van der Waals surface area contributed by atoms with Gasteiger partial charge in [-0.15, -0.1) is 0 Å². The van der Waals surface area contributed by atoms with Crippen molar-refractivity contribution >= 4 is 39.0 Å². The van der Waals surface area contributed by atoms with Crippen LogP contribution in [0.15, 0.2) is 72.8 Å². The summed E-state index contributed by atoms with van der Waals surface area (Å²) in [4.78, 5) is 20.6. The molecule has 6 rings (SSSR count). The second kappa shape index (κ2) is 10.4. The molecule has 2 aliphatic rings. The number of nitrogens with zero attached hydrogens (tertiary/aromatic N) is 4. The Kier molecular flexibility index (Phi) is 6.71. The molecule has 36 heavy (non-hydrogen) atoms. The summed E-state index contributed by atoms with van der Waals surface area (Å²) in [5.74, 6) is 1.28. The summed E-state index contributed by atoms with van der Waals surface area (Å²) in [6.45, 7) is 5.99. The summed E-state index contributed by atoms with van der Waals surface area (Å²) in [6.07, 6.45) is 3.97. The fourth-order valence-electron chi connectivity index (χ4n) is 5.57. The molecule has 1 aromatic heterocycles. The van der Waals surface area contributed by atoms with Gasteiger partial charge in [-0.05, 0) is 79.2 Å². The van der Waals surface area contributed by atoms with Crippen molar-refractivity contribution in [2.45, 2.75) is 25.7 Å². The van der Waals surface area contributed by atoms with Gasteiger partial charge in [0.1, 0.15) is 5.82 Å². The highest BCUT2D eigenvalue weighted by Gasteiger charge is 2.25. The molecule has 1 amide bonds. The minimum Gasteiger partial charge on any atom is -0.353 e. The Morgan fingerprint density at radius 2 is 1.44 bits per heavy atom. The first-order valence-electron chi connectivity index (χ1n) is 13.1. The number of carbonyl (C=O) groups excluding carboxylic acids is 1. The molecule has 5 nitrogen and oxygen atoms in total. The Morgan fingerprint density at radius 1 is 0.750 bits per heavy atom. The van der Waals surface area contributed by atoms with Crippen molar-refractivity contribution in [3.8, 4) is 0 Å². The van der Waals surface area contributed by atoms with Crippen LogP contribution in [-0.4, -0.2) is 54.4 Å². The Labute approximate surface area is 217 Å². The van der Waals surface area contributed by atoms with Crippen LogP contribution < -0.4 is 9.80 Å². The summed E-state index contributed by atoms with van der Waals surface area (Å²) in [7, 11) is 0. The van der Waals surface area contributed by atoms with Crippen LogP contribution >= 0.6 is 11.5 Å². The van der Waals surface area contributed by atoms with Gasteiger partial charge < -0.3 is 9.80 Å². The first-order chi connectivity index (χ1) is 17.8. The number of rotatable bonds is 6. The van der Waals surface area contributed by atoms with Gasteiger partial charge in [-0.2, -0.15) is 4.37 Å². The van der Waals surface area contributed by atoms with Crippen molar-refractivity contribution in [2.75, 3.05) is 49.1 Å². The average molecular weight is 497 g/mol. The average Bonchev–Trinajstić information content (AvgIpc) is 3.36. The fourth-order valence-corrected chi connectivity index (χ4v) is 6.36. The van der Waals surface area contributed by atoms with Crippen molar-refractivity contribution in [3.63, 3.8) is 0 Å². The molecule has 3 heterocycles. The first kappa shape index (κ1) is 23.2. The van der Waals surface area contributed by atoms with E-state index in [1.165, 1.54) is 15.6 Å². The summed E-state index contributed by atoms with van der Waals surface area (Å²) in [5.41, 5.74) is 4.37. The molecule has 0 aliphatic carbocycles. The van der Waals surface area contributed by atoms with Crippen LogP contribution in [0.1, 0.15) is 34.3 Å². The first-order valence-corrected chi connectivity index (χ1v) is 13.8. The second-order valence-electron chi connectivity index (χ2n) is 9.78. The Balaban J connectivity index is 1.06. The quantitative estimate of drug-likeness (QED) is 0.324. The highest BCUT2D eigenvalue weighted by molar-refractivity contribution is 7.13. The zero-order valence-corrected chi connectivity index (χ0v) is 21.4. The highest BCUT2D eigenvalue weighted by Crippen LogP contribution is 2.30. The summed E-state index contributed by atoms with van der Waals surface area (Å²) in [6, 6.07) is 25.1. The highest BCUT2D eigenvalue weighted by atomic mass is 32.1. The number of hydrogen-bond donors (Lipinski definition) is 0. The maximum atomic E-state index is 13.6. The third kappa shape index (κ3) is 4.63. The Hall–Kier alpha value is -3.22. The monoisotopic (exact) mass is 496 g/mol. The number of fused-ring (bicyclic) bond motifs is 3. The van der Waals surface area contributed by atoms with E-state index in [0.29, 0.717) is 0 Å². The van der Waals surface area contributed by atoms with E-state index >= 15 is 0 Å². The molecule has 0 bridgehead atoms. The summed E-state index contributed by atoms with van der Waals surface area (Å²) in [5, 5.41) is 1.27. The predicted octanol–water partition coefficient (Wildman–Crippen LogP) is 5.64. The molecule has 3 aromatic carbocycles. The minimum atomic E-state index is 0.141. The fraction of sp³-hybridized carbons (Fsp3) is 0.333. The van der Waals surface area contributed by atoms with Crippen molar-refractivity contribution < 1.29 is 4.79 Å². The van der Waals surface area contributed by atoms with Gasteiger partial charge >= 0.3 is 0 Å². The number of aryl methyl sites for hydroxylation is 2. The maximum absolute atomic E-state index is 13.6.